The molecule has 1 aliphatic carbocycles. The third-order valence-corrected chi connectivity index (χ3v) is 3.80. The maximum absolute atomic E-state index is 2.44. The number of hydrogen-bond acceptors (Lipinski definition) is 0. The summed E-state index contributed by atoms with van der Waals surface area (Å²) in [5, 5.41) is 0. The highest BCUT2D eigenvalue weighted by atomic mass is 14.3. The first kappa shape index (κ1) is 10.1. The van der Waals surface area contributed by atoms with Gasteiger partial charge >= 0.3 is 0 Å². The highest BCUT2D eigenvalue weighted by Gasteiger charge is 2.19. The largest absolute Gasteiger partial charge is 0.0651 e. The van der Waals surface area contributed by atoms with Crippen molar-refractivity contribution in [3.05, 3.63) is 0 Å². The fraction of sp³-hybridized carbons (Fsp3) is 1.00. The highest BCUT2D eigenvalue weighted by molar-refractivity contribution is 4.71. The Morgan fingerprint density at radius 2 is 1.67 bits per heavy atom. The molecule has 1 fully saturated rings. The number of rotatable bonds is 4. The Balaban J connectivity index is 2.19. The van der Waals surface area contributed by atoms with Crippen molar-refractivity contribution in [1.29, 1.82) is 0 Å². The molecule has 0 aromatic carbocycles. The first-order valence-corrected chi connectivity index (χ1v) is 5.74. The summed E-state index contributed by atoms with van der Waals surface area (Å²) in [6.07, 6.45) is 8.88. The lowest BCUT2D eigenvalue weighted by atomic mass is 9.85. The average Bonchev–Trinajstić information content (AvgIpc) is 2.55. The summed E-state index contributed by atoms with van der Waals surface area (Å²) in [5.74, 6) is 2.97. The fourth-order valence-corrected chi connectivity index (χ4v) is 2.41. The van der Waals surface area contributed by atoms with Gasteiger partial charge in [0.2, 0.25) is 0 Å². The standard InChI is InChI=1S/C12H24/c1-4-10(2)11(3)9-12-7-5-6-8-12/h10-12H,4-9H2,1-3H3. The predicted octanol–water partition coefficient (Wildman–Crippen LogP) is 4.25. The zero-order valence-corrected chi connectivity index (χ0v) is 8.97. The van der Waals surface area contributed by atoms with Crippen molar-refractivity contribution in [3.8, 4) is 0 Å². The minimum Gasteiger partial charge on any atom is -0.0651 e. The van der Waals surface area contributed by atoms with Gasteiger partial charge in [0.25, 0.3) is 0 Å². The van der Waals surface area contributed by atoms with Gasteiger partial charge in [-0.1, -0.05) is 52.9 Å². The van der Waals surface area contributed by atoms with Gasteiger partial charge in [-0.15, -0.1) is 0 Å². The molecule has 1 saturated carbocycles. The monoisotopic (exact) mass is 168 g/mol. The molecule has 0 spiro atoms. The molecule has 0 heteroatoms. The Bertz CT molecular complexity index is 111. The minimum absolute atomic E-state index is 0.936. The average molecular weight is 168 g/mol. The van der Waals surface area contributed by atoms with Crippen LogP contribution in [0.5, 0.6) is 0 Å². The van der Waals surface area contributed by atoms with Gasteiger partial charge in [0.05, 0.1) is 0 Å². The molecular formula is C12H24. The summed E-state index contributed by atoms with van der Waals surface area (Å²) in [6, 6.07) is 0. The van der Waals surface area contributed by atoms with E-state index in [1.165, 1.54) is 38.5 Å². The van der Waals surface area contributed by atoms with Crippen LogP contribution in [0.3, 0.4) is 0 Å². The normalized spacial score (nSPS) is 24.2. The molecule has 0 aliphatic heterocycles. The molecule has 0 saturated heterocycles. The zero-order valence-electron chi connectivity index (χ0n) is 8.97. The van der Waals surface area contributed by atoms with E-state index in [1.54, 1.807) is 0 Å². The second-order valence-electron chi connectivity index (χ2n) is 4.75. The predicted molar refractivity (Wildman–Crippen MR) is 55.2 cm³/mol. The van der Waals surface area contributed by atoms with E-state index in [0.717, 1.165) is 17.8 Å². The molecule has 0 aromatic heterocycles. The molecule has 0 N–H and O–H groups in total. The van der Waals surface area contributed by atoms with Gasteiger partial charge in [0.1, 0.15) is 0 Å². The Labute approximate surface area is 77.7 Å². The first-order chi connectivity index (χ1) is 5.74. The summed E-state index contributed by atoms with van der Waals surface area (Å²) in [4.78, 5) is 0. The minimum atomic E-state index is 0.936. The molecular weight excluding hydrogens is 144 g/mol. The van der Waals surface area contributed by atoms with Crippen molar-refractivity contribution < 1.29 is 0 Å². The van der Waals surface area contributed by atoms with E-state index in [0.29, 0.717) is 0 Å². The van der Waals surface area contributed by atoms with Crippen molar-refractivity contribution in [2.75, 3.05) is 0 Å². The topological polar surface area (TPSA) is 0 Å². The first-order valence-electron chi connectivity index (χ1n) is 5.74. The second-order valence-corrected chi connectivity index (χ2v) is 4.75. The summed E-state index contributed by atoms with van der Waals surface area (Å²) in [6.45, 7) is 7.15. The van der Waals surface area contributed by atoms with E-state index in [4.69, 9.17) is 0 Å². The zero-order chi connectivity index (χ0) is 8.97. The van der Waals surface area contributed by atoms with E-state index in [1.807, 2.05) is 0 Å². The maximum Gasteiger partial charge on any atom is -0.0412 e. The smallest absolute Gasteiger partial charge is 0.0412 e. The van der Waals surface area contributed by atoms with Crippen LogP contribution in [0, 0.1) is 17.8 Å². The van der Waals surface area contributed by atoms with Crippen LogP contribution in [0.2, 0.25) is 0 Å². The van der Waals surface area contributed by atoms with Gasteiger partial charge in [-0.3, -0.25) is 0 Å². The van der Waals surface area contributed by atoms with E-state index >= 15 is 0 Å². The summed E-state index contributed by atoms with van der Waals surface area (Å²) < 4.78 is 0. The van der Waals surface area contributed by atoms with Crippen molar-refractivity contribution in [1.82, 2.24) is 0 Å². The van der Waals surface area contributed by atoms with E-state index in [2.05, 4.69) is 20.8 Å². The maximum atomic E-state index is 2.44. The molecule has 0 amide bonds. The lowest BCUT2D eigenvalue weighted by molar-refractivity contribution is 0.299. The van der Waals surface area contributed by atoms with Gasteiger partial charge < -0.3 is 0 Å². The van der Waals surface area contributed by atoms with Crippen LogP contribution >= 0.6 is 0 Å². The van der Waals surface area contributed by atoms with Crippen LogP contribution in [-0.4, -0.2) is 0 Å². The molecule has 0 bridgehead atoms. The van der Waals surface area contributed by atoms with E-state index < -0.39 is 0 Å². The molecule has 0 radical (unpaired) electrons. The van der Waals surface area contributed by atoms with Gasteiger partial charge in [0.15, 0.2) is 0 Å². The van der Waals surface area contributed by atoms with Crippen molar-refractivity contribution in [2.45, 2.75) is 59.3 Å². The summed E-state index contributed by atoms with van der Waals surface area (Å²) in [7, 11) is 0. The Hall–Kier alpha value is 0. The second kappa shape index (κ2) is 4.89. The lowest BCUT2D eigenvalue weighted by Gasteiger charge is -2.21. The van der Waals surface area contributed by atoms with Crippen LogP contribution in [-0.2, 0) is 0 Å². The molecule has 12 heavy (non-hydrogen) atoms. The molecule has 72 valence electrons. The van der Waals surface area contributed by atoms with Gasteiger partial charge in [-0.25, -0.2) is 0 Å². The van der Waals surface area contributed by atoms with Crippen LogP contribution in [0.15, 0.2) is 0 Å². The van der Waals surface area contributed by atoms with E-state index in [-0.39, 0.29) is 0 Å². The van der Waals surface area contributed by atoms with Crippen molar-refractivity contribution in [3.63, 3.8) is 0 Å². The van der Waals surface area contributed by atoms with Crippen LogP contribution in [0.25, 0.3) is 0 Å². The van der Waals surface area contributed by atoms with Gasteiger partial charge in [-0.2, -0.15) is 0 Å². The molecule has 2 unspecified atom stereocenters. The Morgan fingerprint density at radius 1 is 1.08 bits per heavy atom. The lowest BCUT2D eigenvalue weighted by Crippen LogP contribution is -2.10. The Kier molecular flexibility index (Phi) is 4.11. The summed E-state index contributed by atoms with van der Waals surface area (Å²) >= 11 is 0. The van der Waals surface area contributed by atoms with Crippen molar-refractivity contribution >= 4 is 0 Å². The van der Waals surface area contributed by atoms with E-state index in [9.17, 15) is 0 Å². The quantitative estimate of drug-likeness (QED) is 0.588. The third-order valence-electron chi connectivity index (χ3n) is 3.80. The molecule has 0 heterocycles. The van der Waals surface area contributed by atoms with Gasteiger partial charge in [0, 0.05) is 0 Å². The number of hydrogen-bond donors (Lipinski definition) is 0. The third kappa shape index (κ3) is 2.80. The molecule has 2 atom stereocenters. The molecule has 1 aliphatic rings. The molecule has 0 nitrogen and oxygen atoms in total. The summed E-state index contributed by atoms with van der Waals surface area (Å²) in [5.41, 5.74) is 0. The molecule has 1 rings (SSSR count). The van der Waals surface area contributed by atoms with Crippen LogP contribution < -0.4 is 0 Å². The Morgan fingerprint density at radius 3 is 2.17 bits per heavy atom. The highest BCUT2D eigenvalue weighted by Crippen LogP contribution is 2.33. The van der Waals surface area contributed by atoms with Crippen molar-refractivity contribution in [2.24, 2.45) is 17.8 Å². The molecule has 0 aromatic rings. The SMILES string of the molecule is CCC(C)C(C)CC1CCCC1. The fourth-order valence-electron chi connectivity index (χ4n) is 2.41. The van der Waals surface area contributed by atoms with Gasteiger partial charge in [-0.05, 0) is 24.2 Å². The van der Waals surface area contributed by atoms with Crippen LogP contribution in [0.1, 0.15) is 59.3 Å². The van der Waals surface area contributed by atoms with Crippen LogP contribution in [0.4, 0.5) is 0 Å².